The maximum absolute atomic E-state index is 12.3. The van der Waals surface area contributed by atoms with Gasteiger partial charge >= 0.3 is 0 Å². The Hall–Kier alpha value is -1.11. The SMILES string of the molecule is Cl.Cl.O=C([C@@H]1CCCN1)N1CCN(c2cnccn2)CC1. The largest absolute Gasteiger partial charge is 0.352 e. The van der Waals surface area contributed by atoms with Crippen molar-refractivity contribution in [1.29, 1.82) is 0 Å². The maximum atomic E-state index is 12.3. The molecule has 0 bridgehead atoms. The smallest absolute Gasteiger partial charge is 0.239 e. The van der Waals surface area contributed by atoms with Crippen molar-refractivity contribution in [2.75, 3.05) is 37.6 Å². The Morgan fingerprint density at radius 2 is 1.95 bits per heavy atom. The summed E-state index contributed by atoms with van der Waals surface area (Å²) in [5.74, 6) is 1.16. The number of nitrogens with zero attached hydrogens (tertiary/aromatic N) is 4. The molecule has 1 amide bonds. The van der Waals surface area contributed by atoms with Crippen LogP contribution in [-0.4, -0.2) is 59.5 Å². The highest BCUT2D eigenvalue weighted by atomic mass is 35.5. The minimum absolute atomic E-state index is 0. The molecule has 0 aliphatic carbocycles. The van der Waals surface area contributed by atoms with Gasteiger partial charge < -0.3 is 15.1 Å². The zero-order valence-electron chi connectivity index (χ0n) is 11.8. The fourth-order valence-electron chi connectivity index (χ4n) is 2.73. The second-order valence-corrected chi connectivity index (χ2v) is 5.02. The van der Waals surface area contributed by atoms with Crippen LogP contribution in [0.15, 0.2) is 18.6 Å². The van der Waals surface area contributed by atoms with Gasteiger partial charge in [-0.15, -0.1) is 24.8 Å². The number of amides is 1. The molecule has 0 unspecified atom stereocenters. The van der Waals surface area contributed by atoms with Crippen molar-refractivity contribution in [3.8, 4) is 0 Å². The van der Waals surface area contributed by atoms with Crippen LogP contribution in [0.25, 0.3) is 0 Å². The zero-order valence-corrected chi connectivity index (χ0v) is 13.4. The number of piperazine rings is 1. The Morgan fingerprint density at radius 3 is 2.52 bits per heavy atom. The maximum Gasteiger partial charge on any atom is 0.239 e. The topological polar surface area (TPSA) is 61.4 Å². The van der Waals surface area contributed by atoms with E-state index in [1.807, 2.05) is 4.90 Å². The number of rotatable bonds is 2. The number of halogens is 2. The number of hydrogen-bond acceptors (Lipinski definition) is 5. The van der Waals surface area contributed by atoms with Crippen LogP contribution in [0.3, 0.4) is 0 Å². The molecule has 1 aromatic heterocycles. The molecule has 0 radical (unpaired) electrons. The summed E-state index contributed by atoms with van der Waals surface area (Å²) in [6.07, 6.45) is 7.24. The Bertz CT molecular complexity index is 433. The molecule has 1 N–H and O–H groups in total. The Kier molecular flexibility index (Phi) is 7.14. The molecule has 0 aromatic carbocycles. The van der Waals surface area contributed by atoms with E-state index in [2.05, 4.69) is 20.2 Å². The van der Waals surface area contributed by atoms with Crippen molar-refractivity contribution in [3.05, 3.63) is 18.6 Å². The third-order valence-electron chi connectivity index (χ3n) is 3.82. The van der Waals surface area contributed by atoms with E-state index < -0.39 is 0 Å². The van der Waals surface area contributed by atoms with Gasteiger partial charge in [-0.25, -0.2) is 4.98 Å². The predicted molar refractivity (Wildman–Crippen MR) is 86.3 cm³/mol. The summed E-state index contributed by atoms with van der Waals surface area (Å²) in [7, 11) is 0. The van der Waals surface area contributed by atoms with Gasteiger partial charge in [-0.2, -0.15) is 0 Å². The lowest BCUT2D eigenvalue weighted by molar-refractivity contribution is -0.133. The molecule has 3 heterocycles. The number of aromatic nitrogens is 2. The summed E-state index contributed by atoms with van der Waals surface area (Å²) in [5, 5.41) is 3.27. The van der Waals surface area contributed by atoms with E-state index >= 15 is 0 Å². The third kappa shape index (κ3) is 4.18. The van der Waals surface area contributed by atoms with Crippen molar-refractivity contribution < 1.29 is 4.79 Å². The van der Waals surface area contributed by atoms with Gasteiger partial charge in [0.15, 0.2) is 0 Å². The number of nitrogens with one attached hydrogen (secondary N) is 1. The summed E-state index contributed by atoms with van der Waals surface area (Å²) in [6.45, 7) is 4.17. The third-order valence-corrected chi connectivity index (χ3v) is 3.82. The van der Waals surface area contributed by atoms with Crippen LogP contribution in [0.4, 0.5) is 5.82 Å². The minimum Gasteiger partial charge on any atom is -0.352 e. The Balaban J connectivity index is 0.00000110. The Labute approximate surface area is 137 Å². The lowest BCUT2D eigenvalue weighted by Gasteiger charge is -2.36. The summed E-state index contributed by atoms with van der Waals surface area (Å²) in [4.78, 5) is 24.8. The van der Waals surface area contributed by atoms with Gasteiger partial charge in [0.2, 0.25) is 5.91 Å². The molecule has 6 nitrogen and oxygen atoms in total. The molecular formula is C13H21Cl2N5O. The summed E-state index contributed by atoms with van der Waals surface area (Å²) in [6, 6.07) is 0.0445. The average Bonchev–Trinajstić information content (AvgIpc) is 3.02. The lowest BCUT2D eigenvalue weighted by atomic mass is 10.2. The van der Waals surface area contributed by atoms with E-state index in [-0.39, 0.29) is 36.8 Å². The van der Waals surface area contributed by atoms with Gasteiger partial charge in [0, 0.05) is 38.6 Å². The predicted octanol–water partition coefficient (Wildman–Crippen LogP) is 0.721. The molecular weight excluding hydrogens is 313 g/mol. The normalized spacial score (nSPS) is 21.4. The van der Waals surface area contributed by atoms with Gasteiger partial charge in [0.25, 0.3) is 0 Å². The lowest BCUT2D eigenvalue weighted by Crippen LogP contribution is -2.53. The number of hydrogen-bond donors (Lipinski definition) is 1. The molecule has 2 saturated heterocycles. The van der Waals surface area contributed by atoms with Gasteiger partial charge in [-0.3, -0.25) is 9.78 Å². The number of anilines is 1. The van der Waals surface area contributed by atoms with Crippen molar-refractivity contribution in [2.45, 2.75) is 18.9 Å². The van der Waals surface area contributed by atoms with Crippen LogP contribution in [0.5, 0.6) is 0 Å². The van der Waals surface area contributed by atoms with E-state index in [1.54, 1.807) is 18.6 Å². The fourth-order valence-corrected chi connectivity index (χ4v) is 2.73. The first kappa shape index (κ1) is 17.9. The quantitative estimate of drug-likeness (QED) is 0.864. The van der Waals surface area contributed by atoms with Gasteiger partial charge in [-0.1, -0.05) is 0 Å². The van der Waals surface area contributed by atoms with Crippen molar-refractivity contribution in [1.82, 2.24) is 20.2 Å². The van der Waals surface area contributed by atoms with Gasteiger partial charge in [0.05, 0.1) is 12.2 Å². The number of carbonyl (C=O) groups excluding carboxylic acids is 1. The van der Waals surface area contributed by atoms with Crippen molar-refractivity contribution >= 4 is 36.5 Å². The van der Waals surface area contributed by atoms with E-state index in [9.17, 15) is 4.79 Å². The van der Waals surface area contributed by atoms with Crippen molar-refractivity contribution in [3.63, 3.8) is 0 Å². The molecule has 2 aliphatic heterocycles. The minimum atomic E-state index is 0. The molecule has 1 aromatic rings. The standard InChI is InChI=1S/C13H19N5O.2ClH/c19-13(11-2-1-3-15-11)18-8-6-17(7-9-18)12-10-14-4-5-16-12;;/h4-5,10-11,15H,1-3,6-9H2;2*1H/t11-;;/m0../s1. The number of carbonyl (C=O) groups is 1. The molecule has 1 atom stereocenters. The fraction of sp³-hybridized carbons (Fsp3) is 0.615. The van der Waals surface area contributed by atoms with E-state index in [4.69, 9.17) is 0 Å². The summed E-state index contributed by atoms with van der Waals surface area (Å²) < 4.78 is 0. The molecule has 3 rings (SSSR count). The highest BCUT2D eigenvalue weighted by molar-refractivity contribution is 5.85. The second kappa shape index (κ2) is 8.36. The van der Waals surface area contributed by atoms with Gasteiger partial charge in [0.1, 0.15) is 5.82 Å². The molecule has 2 aliphatic rings. The van der Waals surface area contributed by atoms with Gasteiger partial charge in [-0.05, 0) is 19.4 Å². The first-order valence-electron chi connectivity index (χ1n) is 6.88. The monoisotopic (exact) mass is 333 g/mol. The van der Waals surface area contributed by atoms with Crippen LogP contribution >= 0.6 is 24.8 Å². The summed E-state index contributed by atoms with van der Waals surface area (Å²) >= 11 is 0. The second-order valence-electron chi connectivity index (χ2n) is 5.02. The molecule has 0 saturated carbocycles. The first-order valence-corrected chi connectivity index (χ1v) is 6.88. The van der Waals surface area contributed by atoms with Crippen LogP contribution in [0.1, 0.15) is 12.8 Å². The average molecular weight is 334 g/mol. The Morgan fingerprint density at radius 1 is 1.19 bits per heavy atom. The highest BCUT2D eigenvalue weighted by Gasteiger charge is 2.29. The zero-order chi connectivity index (χ0) is 13.1. The van der Waals surface area contributed by atoms with E-state index in [1.165, 1.54) is 0 Å². The van der Waals surface area contributed by atoms with Crippen molar-refractivity contribution in [2.24, 2.45) is 0 Å². The molecule has 8 heteroatoms. The molecule has 0 spiro atoms. The van der Waals surface area contributed by atoms with Crippen LogP contribution < -0.4 is 10.2 Å². The first-order chi connectivity index (χ1) is 9.34. The molecule has 2 fully saturated rings. The van der Waals surface area contributed by atoms with E-state index in [0.29, 0.717) is 0 Å². The van der Waals surface area contributed by atoms with E-state index in [0.717, 1.165) is 51.4 Å². The molecule has 21 heavy (non-hydrogen) atoms. The van der Waals surface area contributed by atoms with Crippen LogP contribution in [0, 0.1) is 0 Å². The van der Waals surface area contributed by atoms with Crippen LogP contribution in [0.2, 0.25) is 0 Å². The molecule has 118 valence electrons. The summed E-state index contributed by atoms with van der Waals surface area (Å²) in [5.41, 5.74) is 0. The van der Waals surface area contributed by atoms with Crippen LogP contribution in [-0.2, 0) is 4.79 Å². The highest BCUT2D eigenvalue weighted by Crippen LogP contribution is 2.14.